The van der Waals surface area contributed by atoms with Gasteiger partial charge in [0, 0.05) is 11.8 Å². The number of nitrogens with one attached hydrogen (secondary N) is 1. The van der Waals surface area contributed by atoms with Crippen molar-refractivity contribution in [2.24, 2.45) is 5.73 Å². The average molecular weight is 310 g/mol. The summed E-state index contributed by atoms with van der Waals surface area (Å²) in [6.07, 6.45) is 3.97. The van der Waals surface area contributed by atoms with Crippen LogP contribution in [0.15, 0.2) is 18.2 Å². The van der Waals surface area contributed by atoms with Gasteiger partial charge in [0.25, 0.3) is 0 Å². The summed E-state index contributed by atoms with van der Waals surface area (Å²) in [5.74, 6) is 0.623. The zero-order chi connectivity index (χ0) is 15.2. The summed E-state index contributed by atoms with van der Waals surface area (Å²) in [4.78, 5) is 12.0. The van der Waals surface area contributed by atoms with E-state index in [4.69, 9.17) is 5.73 Å². The molecule has 1 aliphatic heterocycles. The molecule has 6 heteroatoms. The topological polar surface area (TPSA) is 95.6 Å². The Morgan fingerprint density at radius 1 is 1.38 bits per heavy atom. The number of amides is 1. The first-order valence-corrected chi connectivity index (χ1v) is 8.27. The molecule has 1 aliphatic rings. The van der Waals surface area contributed by atoms with E-state index in [1.165, 1.54) is 30.7 Å². The smallest absolute Gasteiger partial charge is 0.237 e. The zero-order valence-corrected chi connectivity index (χ0v) is 12.7. The lowest BCUT2D eigenvalue weighted by Crippen LogP contribution is -2.44. The molecule has 0 aliphatic carbocycles. The van der Waals surface area contributed by atoms with E-state index in [0.717, 1.165) is 12.0 Å². The quantitative estimate of drug-likeness (QED) is 0.616. The first kappa shape index (κ1) is 16.0. The van der Waals surface area contributed by atoms with E-state index in [1.807, 2.05) is 11.8 Å². The van der Waals surface area contributed by atoms with E-state index in [-0.39, 0.29) is 17.4 Å². The van der Waals surface area contributed by atoms with Crippen LogP contribution in [0.2, 0.25) is 0 Å². The standard InChI is InChI=1S/C15H22N2O3S/c16-12(7-10-4-5-13(18)14(19)8-10)15(20)17-9-11-3-1-2-6-21-11/h4-5,8,11-12,18-19H,1-3,6-7,9,16H2,(H,17,20)/t11?,12-/m0/s1. The molecule has 0 aromatic heterocycles. The van der Waals surface area contributed by atoms with E-state index < -0.39 is 6.04 Å². The van der Waals surface area contributed by atoms with Gasteiger partial charge < -0.3 is 21.3 Å². The van der Waals surface area contributed by atoms with Crippen molar-refractivity contribution in [3.8, 4) is 11.5 Å². The SMILES string of the molecule is N[C@@H](Cc1ccc(O)c(O)c1)C(=O)NCC1CCCCS1. The minimum atomic E-state index is -0.650. The fourth-order valence-electron chi connectivity index (χ4n) is 2.36. The molecule has 1 aromatic rings. The molecule has 1 amide bonds. The maximum atomic E-state index is 12.0. The van der Waals surface area contributed by atoms with Crippen molar-refractivity contribution in [3.63, 3.8) is 0 Å². The lowest BCUT2D eigenvalue weighted by molar-refractivity contribution is -0.122. The summed E-state index contributed by atoms with van der Waals surface area (Å²) in [5, 5.41) is 22.1. The van der Waals surface area contributed by atoms with Crippen molar-refractivity contribution in [1.29, 1.82) is 0 Å². The molecule has 0 bridgehead atoms. The van der Waals surface area contributed by atoms with E-state index in [2.05, 4.69) is 5.32 Å². The van der Waals surface area contributed by atoms with Gasteiger partial charge >= 0.3 is 0 Å². The Kier molecular flexibility index (Phi) is 5.76. The minimum Gasteiger partial charge on any atom is -0.504 e. The Morgan fingerprint density at radius 2 is 2.19 bits per heavy atom. The van der Waals surface area contributed by atoms with Crippen LogP contribution in [-0.4, -0.2) is 39.7 Å². The molecule has 0 radical (unpaired) electrons. The van der Waals surface area contributed by atoms with Gasteiger partial charge in [-0.2, -0.15) is 11.8 Å². The van der Waals surface area contributed by atoms with Gasteiger partial charge in [0.1, 0.15) is 0 Å². The van der Waals surface area contributed by atoms with Crippen LogP contribution in [0.3, 0.4) is 0 Å². The second-order valence-electron chi connectivity index (χ2n) is 5.37. The number of hydrogen-bond donors (Lipinski definition) is 4. The van der Waals surface area contributed by atoms with Crippen LogP contribution in [0.25, 0.3) is 0 Å². The molecule has 1 fully saturated rings. The third-order valence-corrected chi connectivity index (χ3v) is 5.01. The minimum absolute atomic E-state index is 0.172. The predicted octanol–water partition coefficient (Wildman–Crippen LogP) is 1.37. The van der Waals surface area contributed by atoms with Crippen LogP contribution in [0.5, 0.6) is 11.5 Å². The van der Waals surface area contributed by atoms with Gasteiger partial charge in [0.05, 0.1) is 6.04 Å². The van der Waals surface area contributed by atoms with Crippen molar-refractivity contribution >= 4 is 17.7 Å². The summed E-state index contributed by atoms with van der Waals surface area (Å²) in [6.45, 7) is 0.665. The van der Waals surface area contributed by atoms with Crippen LogP contribution in [0.4, 0.5) is 0 Å². The molecule has 2 rings (SSSR count). The Balaban J connectivity index is 1.79. The molecule has 116 valence electrons. The molecule has 0 saturated carbocycles. The second-order valence-corrected chi connectivity index (χ2v) is 6.78. The van der Waals surface area contributed by atoms with Crippen LogP contribution in [0, 0.1) is 0 Å². The molecule has 21 heavy (non-hydrogen) atoms. The van der Waals surface area contributed by atoms with Gasteiger partial charge in [0.2, 0.25) is 5.91 Å². The molecule has 1 aromatic carbocycles. The lowest BCUT2D eigenvalue weighted by Gasteiger charge is -2.22. The summed E-state index contributed by atoms with van der Waals surface area (Å²) in [7, 11) is 0. The number of carbonyl (C=O) groups is 1. The van der Waals surface area contributed by atoms with E-state index >= 15 is 0 Å². The largest absolute Gasteiger partial charge is 0.504 e. The number of carbonyl (C=O) groups excluding carboxylic acids is 1. The summed E-state index contributed by atoms with van der Waals surface area (Å²) < 4.78 is 0. The van der Waals surface area contributed by atoms with Gasteiger partial charge in [-0.1, -0.05) is 12.5 Å². The molecular weight excluding hydrogens is 288 g/mol. The van der Waals surface area contributed by atoms with Gasteiger partial charge in [0.15, 0.2) is 11.5 Å². The highest BCUT2D eigenvalue weighted by atomic mass is 32.2. The monoisotopic (exact) mass is 310 g/mol. The third-order valence-electron chi connectivity index (χ3n) is 3.61. The van der Waals surface area contributed by atoms with Gasteiger partial charge in [-0.25, -0.2) is 0 Å². The molecule has 1 saturated heterocycles. The molecule has 5 nitrogen and oxygen atoms in total. The fourth-order valence-corrected chi connectivity index (χ4v) is 3.60. The molecule has 1 heterocycles. The van der Waals surface area contributed by atoms with E-state index in [9.17, 15) is 15.0 Å². The zero-order valence-electron chi connectivity index (χ0n) is 11.9. The van der Waals surface area contributed by atoms with E-state index in [1.54, 1.807) is 6.07 Å². The second kappa shape index (κ2) is 7.56. The normalized spacial score (nSPS) is 20.0. The maximum absolute atomic E-state index is 12.0. The van der Waals surface area contributed by atoms with E-state index in [0.29, 0.717) is 18.2 Å². The highest BCUT2D eigenvalue weighted by molar-refractivity contribution is 7.99. The van der Waals surface area contributed by atoms with Gasteiger partial charge in [-0.05, 0) is 42.7 Å². The number of benzene rings is 1. The maximum Gasteiger partial charge on any atom is 0.237 e. The highest BCUT2D eigenvalue weighted by Crippen LogP contribution is 2.25. The van der Waals surface area contributed by atoms with Gasteiger partial charge in [-0.15, -0.1) is 0 Å². The Labute approximate surface area is 128 Å². The number of phenolic OH excluding ortho intramolecular Hbond substituents is 2. The average Bonchev–Trinajstić information content (AvgIpc) is 2.49. The summed E-state index contributed by atoms with van der Waals surface area (Å²) >= 11 is 1.91. The van der Waals surface area contributed by atoms with Crippen LogP contribution in [0.1, 0.15) is 24.8 Å². The number of aromatic hydroxyl groups is 2. The molecule has 5 N–H and O–H groups in total. The third kappa shape index (κ3) is 4.82. The number of phenols is 2. The molecule has 0 spiro atoms. The lowest BCUT2D eigenvalue weighted by atomic mass is 10.1. The summed E-state index contributed by atoms with van der Waals surface area (Å²) in [6, 6.07) is 3.83. The number of thioether (sulfide) groups is 1. The molecular formula is C15H22N2O3S. The van der Waals surface area contributed by atoms with Gasteiger partial charge in [-0.3, -0.25) is 4.79 Å². The van der Waals surface area contributed by atoms with Crippen LogP contribution < -0.4 is 11.1 Å². The fraction of sp³-hybridized carbons (Fsp3) is 0.533. The van der Waals surface area contributed by atoms with Crippen molar-refractivity contribution in [3.05, 3.63) is 23.8 Å². The Bertz CT molecular complexity index is 490. The number of rotatable bonds is 5. The molecule has 1 unspecified atom stereocenters. The first-order valence-electron chi connectivity index (χ1n) is 7.22. The van der Waals surface area contributed by atoms with Crippen molar-refractivity contribution in [2.45, 2.75) is 37.0 Å². The van der Waals surface area contributed by atoms with Crippen molar-refractivity contribution in [1.82, 2.24) is 5.32 Å². The molecule has 2 atom stereocenters. The number of hydrogen-bond acceptors (Lipinski definition) is 5. The van der Waals surface area contributed by atoms with Crippen molar-refractivity contribution < 1.29 is 15.0 Å². The highest BCUT2D eigenvalue weighted by Gasteiger charge is 2.18. The Hall–Kier alpha value is -1.40. The predicted molar refractivity (Wildman–Crippen MR) is 84.6 cm³/mol. The van der Waals surface area contributed by atoms with Crippen LogP contribution in [-0.2, 0) is 11.2 Å². The number of nitrogens with two attached hydrogens (primary N) is 1. The summed E-state index contributed by atoms with van der Waals surface area (Å²) in [5.41, 5.74) is 6.61. The van der Waals surface area contributed by atoms with Crippen LogP contribution >= 0.6 is 11.8 Å². The first-order chi connectivity index (χ1) is 10.1. The Morgan fingerprint density at radius 3 is 2.86 bits per heavy atom. The van der Waals surface area contributed by atoms with Crippen molar-refractivity contribution in [2.75, 3.05) is 12.3 Å².